The molecule has 4 fully saturated rings. The lowest BCUT2D eigenvalue weighted by molar-refractivity contribution is -0.243. The Labute approximate surface area is 207 Å². The molecule has 4 heteroatoms. The van der Waals surface area contributed by atoms with Gasteiger partial charge in [-0.1, -0.05) is 67.0 Å². The van der Waals surface area contributed by atoms with Gasteiger partial charge in [0.15, 0.2) is 0 Å². The summed E-state index contributed by atoms with van der Waals surface area (Å²) in [6.45, 7) is 18.1. The summed E-state index contributed by atoms with van der Waals surface area (Å²) in [5.41, 5.74) is 0.357. The molecule has 0 bridgehead atoms. The van der Waals surface area contributed by atoms with Crippen molar-refractivity contribution in [2.75, 3.05) is 0 Å². The molecule has 4 N–H and O–H groups in total. The smallest absolute Gasteiger partial charge is 0.0888 e. The minimum absolute atomic E-state index is 0.0637. The third-order valence-corrected chi connectivity index (χ3v) is 13.4. The second-order valence-electron chi connectivity index (χ2n) is 15.4. The first-order chi connectivity index (χ1) is 15.5. The van der Waals surface area contributed by atoms with Gasteiger partial charge in [0.2, 0.25) is 0 Å². The lowest BCUT2D eigenvalue weighted by Gasteiger charge is -2.72. The molecule has 0 aromatic carbocycles. The largest absolute Gasteiger partial charge is 0.393 e. The van der Waals surface area contributed by atoms with E-state index in [2.05, 4.69) is 54.5 Å². The average molecular weight is 475 g/mol. The van der Waals surface area contributed by atoms with Gasteiger partial charge in [0.25, 0.3) is 0 Å². The second kappa shape index (κ2) is 7.11. The summed E-state index contributed by atoms with van der Waals surface area (Å²) < 4.78 is 0. The van der Waals surface area contributed by atoms with Crippen LogP contribution in [0.4, 0.5) is 0 Å². The van der Waals surface area contributed by atoms with E-state index in [1.165, 1.54) is 5.57 Å². The van der Waals surface area contributed by atoms with Crippen molar-refractivity contribution >= 4 is 0 Å². The summed E-state index contributed by atoms with van der Waals surface area (Å²) in [5.74, 6) is 1.09. The van der Waals surface area contributed by atoms with Crippen molar-refractivity contribution < 1.29 is 20.4 Å². The standard InChI is InChI=1S/C30H50O4/c1-25(2)15-18-17-9-10-20-27(5)13-12-21(31)26(3,4)19(27)11-14-28(20,6)29(17,7)16-22(32)30(18,8)24(34)23(25)33/h9,18-24,31-34H,10-16H2,1-8H3. The number of aliphatic hydroxyl groups is 4. The second-order valence-corrected chi connectivity index (χ2v) is 15.4. The molecule has 11 unspecified atom stereocenters. The maximum Gasteiger partial charge on any atom is 0.0888 e. The van der Waals surface area contributed by atoms with Gasteiger partial charge in [-0.05, 0) is 89.8 Å². The highest BCUT2D eigenvalue weighted by atomic mass is 16.3. The van der Waals surface area contributed by atoms with Crippen LogP contribution < -0.4 is 0 Å². The SMILES string of the molecule is CC1(C)CC2C3=CCC4C5(C)CCC(O)C(C)(C)C5CCC4(C)C3(C)CC(O)C2(C)C(O)C1O. The minimum atomic E-state index is -0.930. The Bertz CT molecular complexity index is 892. The van der Waals surface area contributed by atoms with E-state index in [1.807, 2.05) is 6.92 Å². The van der Waals surface area contributed by atoms with Crippen molar-refractivity contribution in [2.24, 2.45) is 50.2 Å². The number of allylic oxidation sites excluding steroid dienone is 2. The molecule has 0 radical (unpaired) electrons. The van der Waals surface area contributed by atoms with Crippen LogP contribution in [-0.2, 0) is 0 Å². The molecule has 5 aliphatic rings. The molecular formula is C30H50O4. The fraction of sp³-hybridized carbons (Fsp3) is 0.933. The number of hydrogen-bond donors (Lipinski definition) is 4. The van der Waals surface area contributed by atoms with Crippen LogP contribution >= 0.6 is 0 Å². The minimum Gasteiger partial charge on any atom is -0.393 e. The molecular weight excluding hydrogens is 424 g/mol. The summed E-state index contributed by atoms with van der Waals surface area (Å²) in [5, 5.41) is 44.9. The number of hydrogen-bond acceptors (Lipinski definition) is 4. The van der Waals surface area contributed by atoms with E-state index in [1.54, 1.807) is 0 Å². The predicted molar refractivity (Wildman–Crippen MR) is 135 cm³/mol. The number of rotatable bonds is 0. The van der Waals surface area contributed by atoms with E-state index in [0.29, 0.717) is 18.3 Å². The summed E-state index contributed by atoms with van der Waals surface area (Å²) in [6, 6.07) is 0. The molecule has 5 aliphatic carbocycles. The highest BCUT2D eigenvalue weighted by Gasteiger charge is 2.71. The Morgan fingerprint density at radius 2 is 1.38 bits per heavy atom. The Morgan fingerprint density at radius 1 is 0.735 bits per heavy atom. The first kappa shape index (κ1) is 25.2. The highest BCUT2D eigenvalue weighted by molar-refractivity contribution is 5.35. The molecule has 4 saturated carbocycles. The summed E-state index contributed by atoms with van der Waals surface area (Å²) in [6.07, 6.45) is 6.55. The van der Waals surface area contributed by atoms with Crippen molar-refractivity contribution in [2.45, 2.75) is 125 Å². The van der Waals surface area contributed by atoms with Gasteiger partial charge in [0.1, 0.15) is 0 Å². The average Bonchev–Trinajstić information content (AvgIpc) is 2.73. The monoisotopic (exact) mass is 474 g/mol. The van der Waals surface area contributed by atoms with Gasteiger partial charge in [0.05, 0.1) is 24.4 Å². The van der Waals surface area contributed by atoms with Gasteiger partial charge >= 0.3 is 0 Å². The number of fused-ring (bicyclic) bond motifs is 7. The van der Waals surface area contributed by atoms with Crippen LogP contribution in [0.1, 0.15) is 100 Å². The van der Waals surface area contributed by atoms with Gasteiger partial charge in [0, 0.05) is 5.41 Å². The fourth-order valence-corrected chi connectivity index (χ4v) is 10.7. The van der Waals surface area contributed by atoms with Crippen molar-refractivity contribution in [3.63, 3.8) is 0 Å². The normalized spacial score (nSPS) is 58.0. The maximum atomic E-state index is 11.7. The topological polar surface area (TPSA) is 80.9 Å². The Balaban J connectivity index is 1.62. The molecule has 194 valence electrons. The maximum absolute atomic E-state index is 11.7. The van der Waals surface area contributed by atoms with Gasteiger partial charge < -0.3 is 20.4 Å². The first-order valence-electron chi connectivity index (χ1n) is 13.9. The van der Waals surface area contributed by atoms with Gasteiger partial charge in [-0.25, -0.2) is 0 Å². The fourth-order valence-electron chi connectivity index (χ4n) is 10.7. The zero-order valence-electron chi connectivity index (χ0n) is 22.9. The van der Waals surface area contributed by atoms with Crippen LogP contribution in [0.3, 0.4) is 0 Å². The lowest BCUT2D eigenvalue weighted by Crippen LogP contribution is -2.69. The highest BCUT2D eigenvalue weighted by Crippen LogP contribution is 2.75. The van der Waals surface area contributed by atoms with E-state index in [0.717, 1.165) is 38.5 Å². The van der Waals surface area contributed by atoms with Crippen LogP contribution in [0.2, 0.25) is 0 Å². The van der Waals surface area contributed by atoms with Crippen molar-refractivity contribution in [3.8, 4) is 0 Å². The lowest BCUT2D eigenvalue weighted by atomic mass is 9.33. The number of aliphatic hydroxyl groups excluding tert-OH is 4. The predicted octanol–water partition coefficient (Wildman–Crippen LogP) is 5.08. The van der Waals surface area contributed by atoms with Crippen LogP contribution in [0.5, 0.6) is 0 Å². The van der Waals surface area contributed by atoms with E-state index in [-0.39, 0.29) is 33.7 Å². The molecule has 0 saturated heterocycles. The van der Waals surface area contributed by atoms with Crippen LogP contribution in [0.25, 0.3) is 0 Å². The van der Waals surface area contributed by atoms with E-state index in [9.17, 15) is 20.4 Å². The van der Waals surface area contributed by atoms with E-state index >= 15 is 0 Å². The molecule has 5 rings (SSSR count). The molecule has 0 aliphatic heterocycles. The molecule has 11 atom stereocenters. The van der Waals surface area contributed by atoms with Crippen molar-refractivity contribution in [3.05, 3.63) is 11.6 Å². The first-order valence-corrected chi connectivity index (χ1v) is 13.9. The van der Waals surface area contributed by atoms with Crippen molar-refractivity contribution in [1.29, 1.82) is 0 Å². The van der Waals surface area contributed by atoms with Gasteiger partial charge in [-0.3, -0.25) is 0 Å². The summed E-state index contributed by atoms with van der Waals surface area (Å²) in [7, 11) is 0. The Kier molecular flexibility index (Phi) is 5.28. The summed E-state index contributed by atoms with van der Waals surface area (Å²) >= 11 is 0. The van der Waals surface area contributed by atoms with Gasteiger partial charge in [-0.15, -0.1) is 0 Å². The Hall–Kier alpha value is -0.420. The molecule has 0 spiro atoms. The van der Waals surface area contributed by atoms with E-state index < -0.39 is 29.1 Å². The van der Waals surface area contributed by atoms with Crippen LogP contribution in [0, 0.1) is 50.2 Å². The van der Waals surface area contributed by atoms with Crippen LogP contribution in [0.15, 0.2) is 11.6 Å². The molecule has 34 heavy (non-hydrogen) atoms. The zero-order chi connectivity index (χ0) is 25.3. The molecule has 0 aromatic rings. The van der Waals surface area contributed by atoms with Crippen molar-refractivity contribution in [1.82, 2.24) is 0 Å². The third kappa shape index (κ3) is 2.75. The summed E-state index contributed by atoms with van der Waals surface area (Å²) in [4.78, 5) is 0. The van der Waals surface area contributed by atoms with Crippen LogP contribution in [-0.4, -0.2) is 44.8 Å². The third-order valence-electron chi connectivity index (χ3n) is 13.4. The van der Waals surface area contributed by atoms with E-state index in [4.69, 9.17) is 0 Å². The van der Waals surface area contributed by atoms with Gasteiger partial charge in [-0.2, -0.15) is 0 Å². The molecule has 0 amide bonds. The molecule has 4 nitrogen and oxygen atoms in total. The molecule has 0 aromatic heterocycles. The quantitative estimate of drug-likeness (QED) is 0.369. The molecule has 0 heterocycles. The Morgan fingerprint density at radius 3 is 2.03 bits per heavy atom. The zero-order valence-corrected chi connectivity index (χ0v) is 22.9.